The minimum Gasteiger partial charge on any atom is -0.348 e. The zero-order chi connectivity index (χ0) is 18.0. The summed E-state index contributed by atoms with van der Waals surface area (Å²) in [7, 11) is 3.40. The van der Waals surface area contributed by atoms with Crippen molar-refractivity contribution in [2.45, 2.75) is 12.1 Å². The second kappa shape index (κ2) is 7.06. The summed E-state index contributed by atoms with van der Waals surface area (Å²) in [6.07, 6.45) is 1.66. The summed E-state index contributed by atoms with van der Waals surface area (Å²) in [5, 5.41) is 0.978. The van der Waals surface area contributed by atoms with Crippen LogP contribution in [0.2, 0.25) is 0 Å². The summed E-state index contributed by atoms with van der Waals surface area (Å²) in [5.41, 5.74) is 1.41. The lowest BCUT2D eigenvalue weighted by Crippen LogP contribution is -2.26. The third kappa shape index (κ3) is 3.56. The van der Waals surface area contributed by atoms with Crippen LogP contribution in [0.25, 0.3) is 16.7 Å². The van der Waals surface area contributed by atoms with Gasteiger partial charge in [0.1, 0.15) is 5.82 Å². The largest absolute Gasteiger partial charge is 0.348 e. The van der Waals surface area contributed by atoms with E-state index < -0.39 is 0 Å². The number of fused-ring (bicyclic) bond motifs is 1. The van der Waals surface area contributed by atoms with Gasteiger partial charge in [-0.3, -0.25) is 9.59 Å². The zero-order valence-electron chi connectivity index (χ0n) is 14.3. The van der Waals surface area contributed by atoms with Crippen LogP contribution in [0.15, 0.2) is 52.5 Å². The number of thioether (sulfide) groups is 1. The van der Waals surface area contributed by atoms with Crippen LogP contribution in [-0.2, 0) is 4.79 Å². The van der Waals surface area contributed by atoms with Crippen molar-refractivity contribution in [3.63, 3.8) is 0 Å². The zero-order valence-corrected chi connectivity index (χ0v) is 15.1. The second-order valence-electron chi connectivity index (χ2n) is 5.82. The van der Waals surface area contributed by atoms with E-state index in [9.17, 15) is 9.59 Å². The molecule has 7 heteroatoms. The number of carbonyl (C=O) groups is 1. The molecule has 0 N–H and O–H groups in total. The van der Waals surface area contributed by atoms with E-state index in [2.05, 4.69) is 9.97 Å². The van der Waals surface area contributed by atoms with Crippen LogP contribution in [0.3, 0.4) is 0 Å². The molecule has 0 atom stereocenters. The van der Waals surface area contributed by atoms with Crippen LogP contribution in [0.1, 0.15) is 5.56 Å². The van der Waals surface area contributed by atoms with Gasteiger partial charge in [-0.05, 0) is 36.8 Å². The third-order valence-corrected chi connectivity index (χ3v) is 4.62. The summed E-state index contributed by atoms with van der Waals surface area (Å²) < 4.78 is 1.48. The van der Waals surface area contributed by atoms with Gasteiger partial charge in [0.2, 0.25) is 5.91 Å². The quantitative estimate of drug-likeness (QED) is 0.531. The van der Waals surface area contributed by atoms with E-state index in [1.165, 1.54) is 21.2 Å². The lowest BCUT2D eigenvalue weighted by molar-refractivity contribution is -0.125. The molecule has 6 nitrogen and oxygen atoms in total. The Morgan fingerprint density at radius 2 is 2.00 bits per heavy atom. The molecule has 0 aliphatic carbocycles. The van der Waals surface area contributed by atoms with Gasteiger partial charge < -0.3 is 4.90 Å². The van der Waals surface area contributed by atoms with Crippen molar-refractivity contribution in [3.8, 4) is 5.82 Å². The van der Waals surface area contributed by atoms with Crippen LogP contribution < -0.4 is 5.56 Å². The van der Waals surface area contributed by atoms with Crippen LogP contribution in [0.5, 0.6) is 0 Å². The maximum absolute atomic E-state index is 13.0. The lowest BCUT2D eigenvalue weighted by Gasteiger charge is -2.14. The number of pyridine rings is 1. The normalized spacial score (nSPS) is 10.8. The van der Waals surface area contributed by atoms with Crippen molar-refractivity contribution in [3.05, 3.63) is 58.5 Å². The molecule has 2 aromatic heterocycles. The molecular formula is C18H18N4O2S. The van der Waals surface area contributed by atoms with Crippen molar-refractivity contribution >= 4 is 28.6 Å². The summed E-state index contributed by atoms with van der Waals surface area (Å²) >= 11 is 1.23. The van der Waals surface area contributed by atoms with E-state index >= 15 is 0 Å². The Hall–Kier alpha value is -2.67. The monoisotopic (exact) mass is 354 g/mol. The molecular weight excluding hydrogens is 336 g/mol. The Balaban J connectivity index is 2.17. The minimum absolute atomic E-state index is 0.0452. The molecule has 0 unspecified atom stereocenters. The molecule has 0 bridgehead atoms. The third-order valence-electron chi connectivity index (χ3n) is 3.70. The molecule has 3 aromatic rings. The predicted octanol–water partition coefficient (Wildman–Crippen LogP) is 2.27. The van der Waals surface area contributed by atoms with Gasteiger partial charge >= 0.3 is 0 Å². The molecule has 0 saturated heterocycles. The highest BCUT2D eigenvalue weighted by Crippen LogP contribution is 2.21. The number of amides is 1. The van der Waals surface area contributed by atoms with E-state index in [1.807, 2.05) is 31.2 Å². The fourth-order valence-electron chi connectivity index (χ4n) is 2.31. The smallest absolute Gasteiger partial charge is 0.267 e. The summed E-state index contributed by atoms with van der Waals surface area (Å²) in [5.74, 6) is 0.656. The van der Waals surface area contributed by atoms with E-state index in [1.54, 1.807) is 32.4 Å². The molecule has 0 aliphatic heterocycles. The maximum Gasteiger partial charge on any atom is 0.267 e. The topological polar surface area (TPSA) is 68.1 Å². The fraction of sp³-hybridized carbons (Fsp3) is 0.222. The highest BCUT2D eigenvalue weighted by Gasteiger charge is 2.16. The van der Waals surface area contributed by atoms with Gasteiger partial charge in [0.05, 0.1) is 16.7 Å². The van der Waals surface area contributed by atoms with Crippen LogP contribution in [0, 0.1) is 6.92 Å². The van der Waals surface area contributed by atoms with Crippen molar-refractivity contribution in [2.24, 2.45) is 0 Å². The summed E-state index contributed by atoms with van der Waals surface area (Å²) in [6, 6.07) is 10.9. The standard InChI is InChI=1S/C18H18N4O2S/c1-12-8-9-19-15(10-12)22-17(24)13-6-4-5-7-14(13)20-18(22)25-11-16(23)21(2)3/h4-10H,11H2,1-3H3. The molecule has 0 saturated carbocycles. The van der Waals surface area contributed by atoms with Crippen LogP contribution in [0.4, 0.5) is 0 Å². The molecule has 128 valence electrons. The number of nitrogens with zero attached hydrogens (tertiary/aromatic N) is 4. The van der Waals surface area contributed by atoms with E-state index in [0.29, 0.717) is 21.9 Å². The Labute approximate surface area is 149 Å². The number of para-hydroxylation sites is 1. The SMILES string of the molecule is Cc1ccnc(-n2c(SCC(=O)N(C)C)nc3ccccc3c2=O)c1. The molecule has 0 fully saturated rings. The molecule has 25 heavy (non-hydrogen) atoms. The highest BCUT2D eigenvalue weighted by molar-refractivity contribution is 7.99. The van der Waals surface area contributed by atoms with E-state index in [-0.39, 0.29) is 17.2 Å². The number of hydrogen-bond donors (Lipinski definition) is 0. The first kappa shape index (κ1) is 17.2. The molecule has 1 aromatic carbocycles. The first-order chi connectivity index (χ1) is 12.0. The van der Waals surface area contributed by atoms with Crippen LogP contribution in [-0.4, -0.2) is 45.2 Å². The molecule has 0 radical (unpaired) electrons. The van der Waals surface area contributed by atoms with Gasteiger partial charge in [-0.15, -0.1) is 0 Å². The van der Waals surface area contributed by atoms with E-state index in [4.69, 9.17) is 0 Å². The average molecular weight is 354 g/mol. The Bertz CT molecular complexity index is 998. The number of aromatic nitrogens is 3. The Kier molecular flexibility index (Phi) is 4.85. The number of benzene rings is 1. The van der Waals surface area contributed by atoms with Crippen molar-refractivity contribution in [1.29, 1.82) is 0 Å². The lowest BCUT2D eigenvalue weighted by atomic mass is 10.2. The number of carbonyl (C=O) groups excluding carboxylic acids is 1. The van der Waals surface area contributed by atoms with Gasteiger partial charge in [0, 0.05) is 20.3 Å². The van der Waals surface area contributed by atoms with Gasteiger partial charge in [0.15, 0.2) is 5.16 Å². The van der Waals surface area contributed by atoms with Crippen molar-refractivity contribution in [2.75, 3.05) is 19.8 Å². The van der Waals surface area contributed by atoms with Crippen molar-refractivity contribution in [1.82, 2.24) is 19.4 Å². The summed E-state index contributed by atoms with van der Waals surface area (Å²) in [6.45, 7) is 1.94. The Morgan fingerprint density at radius 3 is 2.72 bits per heavy atom. The molecule has 2 heterocycles. The minimum atomic E-state index is -0.191. The first-order valence-electron chi connectivity index (χ1n) is 7.75. The molecule has 0 aliphatic rings. The number of rotatable bonds is 4. The summed E-state index contributed by atoms with van der Waals surface area (Å²) in [4.78, 5) is 35.4. The predicted molar refractivity (Wildman–Crippen MR) is 99.3 cm³/mol. The van der Waals surface area contributed by atoms with E-state index in [0.717, 1.165) is 5.56 Å². The fourth-order valence-corrected chi connectivity index (χ4v) is 3.29. The van der Waals surface area contributed by atoms with Gasteiger partial charge in [-0.25, -0.2) is 14.5 Å². The highest BCUT2D eigenvalue weighted by atomic mass is 32.2. The first-order valence-corrected chi connectivity index (χ1v) is 8.73. The second-order valence-corrected chi connectivity index (χ2v) is 6.76. The maximum atomic E-state index is 13.0. The average Bonchev–Trinajstić information content (AvgIpc) is 2.59. The number of aryl methyl sites for hydroxylation is 1. The van der Waals surface area contributed by atoms with Crippen LogP contribution >= 0.6 is 11.8 Å². The van der Waals surface area contributed by atoms with Gasteiger partial charge in [0.25, 0.3) is 5.56 Å². The Morgan fingerprint density at radius 1 is 1.24 bits per heavy atom. The number of hydrogen-bond acceptors (Lipinski definition) is 5. The molecule has 1 amide bonds. The van der Waals surface area contributed by atoms with Crippen molar-refractivity contribution < 1.29 is 4.79 Å². The molecule has 3 rings (SSSR count). The van der Waals surface area contributed by atoms with Gasteiger partial charge in [-0.2, -0.15) is 0 Å². The molecule has 0 spiro atoms. The van der Waals surface area contributed by atoms with Gasteiger partial charge in [-0.1, -0.05) is 23.9 Å².